The number of anilines is 1. The Bertz CT molecular complexity index is 477. The second-order valence-corrected chi connectivity index (χ2v) is 4.94. The van der Waals surface area contributed by atoms with Crippen molar-refractivity contribution in [2.24, 2.45) is 5.92 Å². The first-order valence-corrected chi connectivity index (χ1v) is 6.12. The molecule has 5 heteroatoms. The van der Waals surface area contributed by atoms with Gasteiger partial charge >= 0.3 is 0 Å². The normalized spacial score (nSPS) is 22.9. The molecule has 0 bridgehead atoms. The Balaban J connectivity index is 2.16. The highest BCUT2D eigenvalue weighted by atomic mass is 35.5. The van der Waals surface area contributed by atoms with Crippen LogP contribution in [0.25, 0.3) is 0 Å². The fraction of sp³-hybridized carbons (Fsp3) is 0.500. The summed E-state index contributed by atoms with van der Waals surface area (Å²) >= 11 is 6.03. The van der Waals surface area contributed by atoms with E-state index in [0.29, 0.717) is 18.3 Å². The lowest BCUT2D eigenvalue weighted by atomic mass is 9.82. The molecule has 1 fully saturated rings. The molecule has 0 saturated heterocycles. The van der Waals surface area contributed by atoms with Crippen LogP contribution in [0, 0.1) is 5.92 Å². The summed E-state index contributed by atoms with van der Waals surface area (Å²) in [4.78, 5) is 11.8. The predicted molar refractivity (Wildman–Crippen MR) is 69.5 cm³/mol. The zero-order chi connectivity index (χ0) is 12.4. The maximum Gasteiger partial charge on any atom is 0.287 e. The fourth-order valence-electron chi connectivity index (χ4n) is 2.06. The summed E-state index contributed by atoms with van der Waals surface area (Å²) in [6.45, 7) is 6.15. The molecule has 1 aromatic heterocycles. The van der Waals surface area contributed by atoms with E-state index in [9.17, 15) is 4.79 Å². The van der Waals surface area contributed by atoms with E-state index in [4.69, 9.17) is 11.6 Å². The molecule has 1 heterocycles. The average Bonchev–Trinajstić information content (AvgIpc) is 2.26. The first-order chi connectivity index (χ1) is 8.11. The van der Waals surface area contributed by atoms with Crippen LogP contribution in [0.15, 0.2) is 23.6 Å². The van der Waals surface area contributed by atoms with Gasteiger partial charge in [-0.05, 0) is 18.8 Å². The fourth-order valence-corrected chi connectivity index (χ4v) is 2.26. The Morgan fingerprint density at radius 1 is 1.71 bits per heavy atom. The topological polar surface area (TPSA) is 46.9 Å². The van der Waals surface area contributed by atoms with Gasteiger partial charge in [0.2, 0.25) is 0 Å². The molecule has 1 aromatic rings. The van der Waals surface area contributed by atoms with Crippen LogP contribution in [0.2, 0.25) is 5.02 Å². The number of hydrogen-bond acceptors (Lipinski definition) is 3. The summed E-state index contributed by atoms with van der Waals surface area (Å²) in [6.07, 6.45) is 5.46. The molecule has 92 valence electrons. The third-order valence-corrected chi connectivity index (χ3v) is 3.39. The van der Waals surface area contributed by atoms with Crippen molar-refractivity contribution < 1.29 is 0 Å². The number of aromatic nitrogens is 2. The molecule has 1 aliphatic rings. The molecule has 1 N–H and O–H groups in total. The van der Waals surface area contributed by atoms with E-state index in [-0.39, 0.29) is 10.6 Å². The Hall–Kier alpha value is -1.29. The molecule has 0 atom stereocenters. The molecule has 17 heavy (non-hydrogen) atoms. The molecule has 2 rings (SSSR count). The molecule has 4 nitrogen and oxygen atoms in total. The smallest absolute Gasteiger partial charge is 0.287 e. The third kappa shape index (κ3) is 2.52. The summed E-state index contributed by atoms with van der Waals surface area (Å²) in [5.41, 5.74) is 0.359. The third-order valence-electron chi connectivity index (χ3n) is 3.02. The zero-order valence-electron chi connectivity index (χ0n) is 9.82. The van der Waals surface area contributed by atoms with Crippen LogP contribution >= 0.6 is 11.6 Å². The largest absolute Gasteiger partial charge is 0.380 e. The van der Waals surface area contributed by atoms with Gasteiger partial charge in [-0.15, -0.1) is 6.58 Å². The quantitative estimate of drug-likeness (QED) is 0.838. The van der Waals surface area contributed by atoms with E-state index in [2.05, 4.69) is 23.9 Å². The number of rotatable bonds is 4. The Labute approximate surface area is 105 Å². The van der Waals surface area contributed by atoms with Crippen molar-refractivity contribution in [1.29, 1.82) is 0 Å². The lowest BCUT2D eigenvalue weighted by Gasteiger charge is -2.34. The van der Waals surface area contributed by atoms with Crippen LogP contribution in [0.3, 0.4) is 0 Å². The van der Waals surface area contributed by atoms with Gasteiger partial charge < -0.3 is 5.32 Å². The van der Waals surface area contributed by atoms with Gasteiger partial charge in [0.1, 0.15) is 5.02 Å². The van der Waals surface area contributed by atoms with Crippen LogP contribution in [0.1, 0.15) is 19.8 Å². The van der Waals surface area contributed by atoms with Crippen molar-refractivity contribution in [2.45, 2.75) is 32.4 Å². The average molecular weight is 254 g/mol. The van der Waals surface area contributed by atoms with Gasteiger partial charge in [-0.2, -0.15) is 5.10 Å². The van der Waals surface area contributed by atoms with Gasteiger partial charge in [0.05, 0.1) is 18.4 Å². The minimum atomic E-state index is -0.274. The minimum Gasteiger partial charge on any atom is -0.380 e. The van der Waals surface area contributed by atoms with E-state index in [0.717, 1.165) is 18.8 Å². The molecule has 0 unspecified atom stereocenters. The van der Waals surface area contributed by atoms with E-state index in [1.807, 2.05) is 0 Å². The Morgan fingerprint density at radius 2 is 2.41 bits per heavy atom. The van der Waals surface area contributed by atoms with Gasteiger partial charge in [0.25, 0.3) is 5.56 Å². The van der Waals surface area contributed by atoms with Gasteiger partial charge in [-0.3, -0.25) is 4.79 Å². The molecule has 1 aliphatic carbocycles. The van der Waals surface area contributed by atoms with E-state index in [1.54, 1.807) is 12.3 Å². The molecular formula is C12H16ClN3O. The van der Waals surface area contributed by atoms with Crippen molar-refractivity contribution >= 4 is 17.3 Å². The van der Waals surface area contributed by atoms with E-state index in [1.165, 1.54) is 4.68 Å². The minimum absolute atomic E-state index is 0.210. The standard InChI is InChI=1S/C12H16ClN3O/c1-3-4-16-12(17)11(13)10(7-14-16)15-9-5-8(2)6-9/h3,7-9,15H,1,4-6H2,2H3. The highest BCUT2D eigenvalue weighted by molar-refractivity contribution is 6.32. The van der Waals surface area contributed by atoms with Crippen molar-refractivity contribution in [1.82, 2.24) is 9.78 Å². The summed E-state index contributed by atoms with van der Waals surface area (Å²) in [7, 11) is 0. The van der Waals surface area contributed by atoms with Crippen LogP contribution in [-0.2, 0) is 6.54 Å². The van der Waals surface area contributed by atoms with Crippen LogP contribution in [-0.4, -0.2) is 15.8 Å². The number of allylic oxidation sites excluding steroid dienone is 1. The number of hydrogen-bond donors (Lipinski definition) is 1. The number of halogens is 1. The summed E-state index contributed by atoms with van der Waals surface area (Å²) < 4.78 is 1.30. The van der Waals surface area contributed by atoms with Crippen molar-refractivity contribution in [3.8, 4) is 0 Å². The summed E-state index contributed by atoms with van der Waals surface area (Å²) in [6, 6.07) is 0.416. The lowest BCUT2D eigenvalue weighted by Crippen LogP contribution is -2.35. The molecule has 0 radical (unpaired) electrons. The van der Waals surface area contributed by atoms with Gasteiger partial charge in [-0.1, -0.05) is 24.6 Å². The van der Waals surface area contributed by atoms with Gasteiger partial charge in [0.15, 0.2) is 0 Å². The maximum absolute atomic E-state index is 11.8. The summed E-state index contributed by atoms with van der Waals surface area (Å²) in [5, 5.41) is 7.51. The molecule has 0 spiro atoms. The van der Waals surface area contributed by atoms with Gasteiger partial charge in [0, 0.05) is 6.04 Å². The van der Waals surface area contributed by atoms with Crippen molar-refractivity contribution in [3.63, 3.8) is 0 Å². The van der Waals surface area contributed by atoms with E-state index < -0.39 is 0 Å². The first-order valence-electron chi connectivity index (χ1n) is 5.75. The number of nitrogens with one attached hydrogen (secondary N) is 1. The monoisotopic (exact) mass is 253 g/mol. The molecule has 0 amide bonds. The van der Waals surface area contributed by atoms with Crippen LogP contribution in [0.4, 0.5) is 5.69 Å². The predicted octanol–water partition coefficient (Wildman–Crippen LogP) is 2.29. The molecule has 1 saturated carbocycles. The SMILES string of the molecule is C=CCn1ncc(NC2CC(C)C2)c(Cl)c1=O. The van der Waals surface area contributed by atoms with Crippen LogP contribution < -0.4 is 10.9 Å². The Kier molecular flexibility index (Phi) is 3.52. The summed E-state index contributed by atoms with van der Waals surface area (Å²) in [5.74, 6) is 0.750. The highest BCUT2D eigenvalue weighted by Gasteiger charge is 2.26. The van der Waals surface area contributed by atoms with Crippen molar-refractivity contribution in [2.75, 3.05) is 5.32 Å². The molecular weight excluding hydrogens is 238 g/mol. The van der Waals surface area contributed by atoms with E-state index >= 15 is 0 Å². The number of nitrogens with zero attached hydrogens (tertiary/aromatic N) is 2. The zero-order valence-corrected chi connectivity index (χ0v) is 10.6. The molecule has 0 aliphatic heterocycles. The van der Waals surface area contributed by atoms with Crippen LogP contribution in [0.5, 0.6) is 0 Å². The highest BCUT2D eigenvalue weighted by Crippen LogP contribution is 2.30. The van der Waals surface area contributed by atoms with Crippen molar-refractivity contribution in [3.05, 3.63) is 34.2 Å². The lowest BCUT2D eigenvalue weighted by molar-refractivity contribution is 0.309. The van der Waals surface area contributed by atoms with Gasteiger partial charge in [-0.25, -0.2) is 4.68 Å². The maximum atomic E-state index is 11.8. The first kappa shape index (κ1) is 12.2. The molecule has 0 aromatic carbocycles. The second kappa shape index (κ2) is 4.92. The Morgan fingerprint density at radius 3 is 3.00 bits per heavy atom. The second-order valence-electron chi connectivity index (χ2n) is 4.57.